The molecule has 4 N–H and O–H groups in total. The Morgan fingerprint density at radius 1 is 1.42 bits per heavy atom. The molecule has 6 nitrogen and oxygen atoms in total. The van der Waals surface area contributed by atoms with Crippen LogP contribution in [0.15, 0.2) is 41.5 Å². The van der Waals surface area contributed by atoms with Crippen molar-refractivity contribution in [2.75, 3.05) is 5.32 Å². The summed E-state index contributed by atoms with van der Waals surface area (Å²) in [5, 5.41) is 2.72. The number of anilines is 1. The predicted molar refractivity (Wildman–Crippen MR) is 73.3 cm³/mol. The van der Waals surface area contributed by atoms with Gasteiger partial charge in [-0.2, -0.15) is 0 Å². The molecule has 1 amide bonds. The molecule has 6 heteroatoms. The first kappa shape index (κ1) is 13.1. The van der Waals surface area contributed by atoms with Crippen LogP contribution in [0, 0.1) is 0 Å². The van der Waals surface area contributed by atoms with E-state index in [1.54, 1.807) is 36.7 Å². The van der Waals surface area contributed by atoms with Crippen LogP contribution in [0.25, 0.3) is 5.69 Å². The summed E-state index contributed by atoms with van der Waals surface area (Å²) >= 11 is 0. The maximum atomic E-state index is 11.6. The molecule has 1 atom stereocenters. The van der Waals surface area contributed by atoms with Crippen molar-refractivity contribution < 1.29 is 4.79 Å². The first-order valence-corrected chi connectivity index (χ1v) is 6.04. The lowest BCUT2D eigenvalue weighted by Crippen LogP contribution is -2.34. The van der Waals surface area contributed by atoms with E-state index in [9.17, 15) is 9.59 Å². The normalized spacial score (nSPS) is 12.1. The molecule has 100 valence electrons. The van der Waals surface area contributed by atoms with Crippen LogP contribution in [-0.2, 0) is 4.79 Å². The molecule has 0 saturated carbocycles. The average molecular weight is 260 g/mol. The van der Waals surface area contributed by atoms with Gasteiger partial charge in [0, 0.05) is 18.1 Å². The number of hydrogen-bond donors (Lipinski definition) is 3. The summed E-state index contributed by atoms with van der Waals surface area (Å²) in [4.78, 5) is 25.6. The average Bonchev–Trinajstić information content (AvgIpc) is 2.85. The van der Waals surface area contributed by atoms with E-state index in [0.29, 0.717) is 12.1 Å². The summed E-state index contributed by atoms with van der Waals surface area (Å²) in [7, 11) is 0. The Morgan fingerprint density at radius 3 is 2.63 bits per heavy atom. The highest BCUT2D eigenvalue weighted by Crippen LogP contribution is 2.12. The highest BCUT2D eigenvalue weighted by atomic mass is 16.2. The zero-order valence-electron chi connectivity index (χ0n) is 10.6. The van der Waals surface area contributed by atoms with Crippen molar-refractivity contribution in [2.45, 2.75) is 19.4 Å². The highest BCUT2D eigenvalue weighted by Gasteiger charge is 2.10. The largest absolute Gasteiger partial charge is 0.330 e. The summed E-state index contributed by atoms with van der Waals surface area (Å²) in [6.45, 7) is 1.85. The van der Waals surface area contributed by atoms with E-state index >= 15 is 0 Å². The summed E-state index contributed by atoms with van der Waals surface area (Å²) in [5.41, 5.74) is 6.81. The SMILES string of the molecule is CC[C@H](N)C(=O)Nc1ccc(-n2cc[nH]c2=O)cc1. The minimum Gasteiger partial charge on any atom is -0.325 e. The Bertz CT molecular complexity index is 612. The van der Waals surface area contributed by atoms with Gasteiger partial charge < -0.3 is 16.0 Å². The lowest BCUT2D eigenvalue weighted by Gasteiger charge is -2.10. The zero-order chi connectivity index (χ0) is 13.8. The molecule has 1 aromatic carbocycles. The van der Waals surface area contributed by atoms with E-state index in [1.165, 1.54) is 4.57 Å². The number of aromatic amines is 1. The molecule has 2 rings (SSSR count). The molecule has 0 radical (unpaired) electrons. The standard InChI is InChI=1S/C13H16N4O2/c1-2-11(14)12(18)16-9-3-5-10(6-4-9)17-8-7-15-13(17)19/h3-8,11H,2,14H2,1H3,(H,15,19)(H,16,18)/t11-/m0/s1. The quantitative estimate of drug-likeness (QED) is 0.760. The van der Waals surface area contributed by atoms with Gasteiger partial charge in [0.2, 0.25) is 5.91 Å². The fourth-order valence-electron chi connectivity index (χ4n) is 1.65. The molecule has 0 aliphatic rings. The molecule has 0 spiro atoms. The molecule has 0 unspecified atom stereocenters. The van der Waals surface area contributed by atoms with Gasteiger partial charge in [-0.15, -0.1) is 0 Å². The van der Waals surface area contributed by atoms with Gasteiger partial charge in [0.15, 0.2) is 0 Å². The molecule has 2 aromatic rings. The molecule has 0 bridgehead atoms. The first-order valence-electron chi connectivity index (χ1n) is 6.04. The molecule has 0 fully saturated rings. The van der Waals surface area contributed by atoms with Gasteiger partial charge in [-0.1, -0.05) is 6.92 Å². The van der Waals surface area contributed by atoms with E-state index in [4.69, 9.17) is 5.73 Å². The van der Waals surface area contributed by atoms with Gasteiger partial charge in [0.1, 0.15) is 0 Å². The fourth-order valence-corrected chi connectivity index (χ4v) is 1.65. The number of nitrogens with one attached hydrogen (secondary N) is 2. The molecule has 19 heavy (non-hydrogen) atoms. The van der Waals surface area contributed by atoms with Crippen LogP contribution in [0.3, 0.4) is 0 Å². The van der Waals surface area contributed by atoms with E-state index < -0.39 is 6.04 Å². The van der Waals surface area contributed by atoms with Crippen LogP contribution in [0.1, 0.15) is 13.3 Å². The van der Waals surface area contributed by atoms with Crippen molar-refractivity contribution in [3.8, 4) is 5.69 Å². The van der Waals surface area contributed by atoms with Gasteiger partial charge in [-0.3, -0.25) is 9.36 Å². The lowest BCUT2D eigenvalue weighted by molar-refractivity contribution is -0.117. The Labute approximate surface area is 110 Å². The number of amides is 1. The molecule has 1 heterocycles. The lowest BCUT2D eigenvalue weighted by atomic mass is 10.2. The minimum absolute atomic E-state index is 0.204. The zero-order valence-corrected chi connectivity index (χ0v) is 10.6. The van der Waals surface area contributed by atoms with E-state index in [0.717, 1.165) is 5.69 Å². The number of imidazole rings is 1. The van der Waals surface area contributed by atoms with Crippen LogP contribution in [0.2, 0.25) is 0 Å². The van der Waals surface area contributed by atoms with Gasteiger partial charge in [-0.05, 0) is 30.7 Å². The first-order chi connectivity index (χ1) is 9.11. The van der Waals surface area contributed by atoms with Gasteiger partial charge in [-0.25, -0.2) is 4.79 Å². The van der Waals surface area contributed by atoms with Crippen LogP contribution < -0.4 is 16.7 Å². The Hall–Kier alpha value is -2.34. The van der Waals surface area contributed by atoms with Crippen molar-refractivity contribution in [1.29, 1.82) is 0 Å². The number of rotatable bonds is 4. The van der Waals surface area contributed by atoms with Crippen molar-refractivity contribution in [2.24, 2.45) is 5.73 Å². The summed E-state index contributed by atoms with van der Waals surface area (Å²) in [6, 6.07) is 6.46. The monoisotopic (exact) mass is 260 g/mol. The second kappa shape index (κ2) is 5.53. The Morgan fingerprint density at radius 2 is 2.11 bits per heavy atom. The Balaban J connectivity index is 2.13. The second-order valence-electron chi connectivity index (χ2n) is 4.19. The summed E-state index contributed by atoms with van der Waals surface area (Å²) < 4.78 is 1.48. The predicted octanol–water partition coefficient (Wildman–Crippen LogP) is 0.841. The second-order valence-corrected chi connectivity index (χ2v) is 4.19. The summed E-state index contributed by atoms with van der Waals surface area (Å²) in [5.74, 6) is -0.214. The Kier molecular flexibility index (Phi) is 3.82. The number of aromatic nitrogens is 2. The third kappa shape index (κ3) is 2.92. The fraction of sp³-hybridized carbons (Fsp3) is 0.231. The van der Waals surface area contributed by atoms with Crippen molar-refractivity contribution in [1.82, 2.24) is 9.55 Å². The van der Waals surface area contributed by atoms with Gasteiger partial charge in [0.25, 0.3) is 0 Å². The molecular weight excluding hydrogens is 244 g/mol. The third-order valence-electron chi connectivity index (χ3n) is 2.84. The molecule has 1 aromatic heterocycles. The van der Waals surface area contributed by atoms with Crippen molar-refractivity contribution >= 4 is 11.6 Å². The highest BCUT2D eigenvalue weighted by molar-refractivity contribution is 5.94. The number of hydrogen-bond acceptors (Lipinski definition) is 3. The van der Waals surface area contributed by atoms with Crippen LogP contribution in [0.5, 0.6) is 0 Å². The molecular formula is C13H16N4O2. The molecule has 0 aliphatic carbocycles. The van der Waals surface area contributed by atoms with Gasteiger partial charge >= 0.3 is 5.69 Å². The maximum Gasteiger partial charge on any atom is 0.330 e. The number of nitrogens with two attached hydrogens (primary N) is 1. The van der Waals surface area contributed by atoms with Gasteiger partial charge in [0.05, 0.1) is 11.7 Å². The van der Waals surface area contributed by atoms with Crippen LogP contribution >= 0.6 is 0 Å². The van der Waals surface area contributed by atoms with Crippen LogP contribution in [-0.4, -0.2) is 21.5 Å². The topological polar surface area (TPSA) is 92.9 Å². The number of H-pyrrole nitrogens is 1. The summed E-state index contributed by atoms with van der Waals surface area (Å²) in [6.07, 6.45) is 3.80. The maximum absolute atomic E-state index is 11.6. The molecule has 0 aliphatic heterocycles. The number of nitrogens with zero attached hydrogens (tertiary/aromatic N) is 1. The number of carbonyl (C=O) groups excluding carboxylic acids is 1. The van der Waals surface area contributed by atoms with Crippen LogP contribution in [0.4, 0.5) is 5.69 Å². The van der Waals surface area contributed by atoms with E-state index in [-0.39, 0.29) is 11.6 Å². The van der Waals surface area contributed by atoms with Crippen molar-refractivity contribution in [3.63, 3.8) is 0 Å². The van der Waals surface area contributed by atoms with E-state index in [2.05, 4.69) is 10.3 Å². The van der Waals surface area contributed by atoms with E-state index in [1.807, 2.05) is 6.92 Å². The smallest absolute Gasteiger partial charge is 0.325 e. The van der Waals surface area contributed by atoms with Crippen molar-refractivity contribution in [3.05, 3.63) is 47.1 Å². The number of benzene rings is 1. The number of carbonyl (C=O) groups is 1. The third-order valence-corrected chi connectivity index (χ3v) is 2.84. The molecule has 0 saturated heterocycles. The minimum atomic E-state index is -0.507.